The SMILES string of the molecule is CCC=C[Se]c1cccs1. The Morgan fingerprint density at radius 1 is 1.70 bits per heavy atom. The van der Waals surface area contributed by atoms with Gasteiger partial charge in [0.15, 0.2) is 0 Å². The fourth-order valence-electron chi connectivity index (χ4n) is 0.542. The van der Waals surface area contributed by atoms with E-state index in [0.717, 1.165) is 6.42 Å². The maximum absolute atomic E-state index is 2.29. The zero-order chi connectivity index (χ0) is 7.23. The number of hydrogen-bond acceptors (Lipinski definition) is 1. The molecule has 0 nitrogen and oxygen atoms in total. The minimum atomic E-state index is 0.587. The van der Waals surface area contributed by atoms with Crippen LogP contribution in [0.15, 0.2) is 28.6 Å². The van der Waals surface area contributed by atoms with Crippen molar-refractivity contribution in [1.29, 1.82) is 0 Å². The van der Waals surface area contributed by atoms with Gasteiger partial charge in [0, 0.05) is 0 Å². The average molecular weight is 217 g/mol. The minimum absolute atomic E-state index is 0.587. The van der Waals surface area contributed by atoms with E-state index in [-0.39, 0.29) is 0 Å². The standard InChI is InChI=1S/C8H10SSe/c1-2-3-7-10-8-5-4-6-9-8/h3-7H,2H2,1H3. The maximum atomic E-state index is 2.29. The molecule has 0 atom stereocenters. The Morgan fingerprint density at radius 3 is 3.20 bits per heavy atom. The Morgan fingerprint density at radius 2 is 2.60 bits per heavy atom. The molecule has 0 spiro atoms. The van der Waals surface area contributed by atoms with Gasteiger partial charge in [-0.25, -0.2) is 0 Å². The van der Waals surface area contributed by atoms with E-state index in [0.29, 0.717) is 15.0 Å². The fourth-order valence-corrected chi connectivity index (χ4v) is 3.25. The third-order valence-electron chi connectivity index (χ3n) is 1.01. The average Bonchev–Trinajstić information content (AvgIpc) is 2.41. The summed E-state index contributed by atoms with van der Waals surface area (Å²) in [6.45, 7) is 2.17. The van der Waals surface area contributed by atoms with Crippen LogP contribution in [-0.2, 0) is 0 Å². The summed E-state index contributed by atoms with van der Waals surface area (Å²) in [6, 6.07) is 4.31. The molecule has 0 amide bonds. The van der Waals surface area contributed by atoms with Gasteiger partial charge in [0.25, 0.3) is 0 Å². The van der Waals surface area contributed by atoms with E-state index in [4.69, 9.17) is 0 Å². The summed E-state index contributed by atoms with van der Waals surface area (Å²) in [5.74, 6) is 0. The van der Waals surface area contributed by atoms with Crippen LogP contribution < -0.4 is 3.78 Å². The monoisotopic (exact) mass is 218 g/mol. The molecular formula is C8H10SSe. The molecule has 0 fully saturated rings. The predicted molar refractivity (Wildman–Crippen MR) is 49.1 cm³/mol. The quantitative estimate of drug-likeness (QED) is 0.679. The molecule has 0 unspecified atom stereocenters. The van der Waals surface area contributed by atoms with Crippen molar-refractivity contribution in [2.24, 2.45) is 0 Å². The van der Waals surface area contributed by atoms with E-state index in [2.05, 4.69) is 35.5 Å². The molecule has 2 heteroatoms. The second-order valence-corrected chi connectivity index (χ2v) is 5.35. The zero-order valence-corrected chi connectivity index (χ0v) is 8.44. The number of hydrogen-bond donors (Lipinski definition) is 0. The first-order chi connectivity index (χ1) is 4.93. The first kappa shape index (κ1) is 8.06. The van der Waals surface area contributed by atoms with Gasteiger partial charge in [-0.1, -0.05) is 0 Å². The van der Waals surface area contributed by atoms with Gasteiger partial charge in [-0.05, 0) is 0 Å². The Labute approximate surface area is 72.1 Å². The van der Waals surface area contributed by atoms with E-state index in [1.54, 1.807) is 0 Å². The first-order valence-electron chi connectivity index (χ1n) is 3.28. The molecule has 0 aliphatic heterocycles. The number of rotatable bonds is 3. The van der Waals surface area contributed by atoms with E-state index < -0.39 is 0 Å². The van der Waals surface area contributed by atoms with Crippen LogP contribution in [0.3, 0.4) is 0 Å². The van der Waals surface area contributed by atoms with Gasteiger partial charge in [0.1, 0.15) is 0 Å². The Balaban J connectivity index is 2.34. The summed E-state index contributed by atoms with van der Waals surface area (Å²) in [6.07, 6.45) is 3.40. The summed E-state index contributed by atoms with van der Waals surface area (Å²) < 4.78 is 1.51. The summed E-state index contributed by atoms with van der Waals surface area (Å²) in [5.41, 5.74) is 0. The molecule has 0 saturated heterocycles. The van der Waals surface area contributed by atoms with Gasteiger partial charge >= 0.3 is 72.0 Å². The van der Waals surface area contributed by atoms with E-state index in [9.17, 15) is 0 Å². The molecule has 0 aliphatic carbocycles. The van der Waals surface area contributed by atoms with Crippen molar-refractivity contribution in [2.75, 3.05) is 0 Å². The van der Waals surface area contributed by atoms with Crippen LogP contribution in [-0.4, -0.2) is 15.0 Å². The predicted octanol–water partition coefficient (Wildman–Crippen LogP) is 2.00. The van der Waals surface area contributed by atoms with Crippen molar-refractivity contribution in [3.8, 4) is 0 Å². The third-order valence-corrected chi connectivity index (χ3v) is 4.24. The molecule has 1 rings (SSSR count). The van der Waals surface area contributed by atoms with Gasteiger partial charge in [-0.2, -0.15) is 0 Å². The molecule has 1 aromatic rings. The van der Waals surface area contributed by atoms with Gasteiger partial charge < -0.3 is 0 Å². The summed E-state index contributed by atoms with van der Waals surface area (Å²) >= 11 is 2.44. The van der Waals surface area contributed by atoms with Crippen molar-refractivity contribution < 1.29 is 0 Å². The molecule has 0 saturated carbocycles. The van der Waals surface area contributed by atoms with Crippen LogP contribution in [0.25, 0.3) is 0 Å². The molecule has 10 heavy (non-hydrogen) atoms. The Kier molecular flexibility index (Phi) is 3.81. The molecule has 0 bridgehead atoms. The van der Waals surface area contributed by atoms with Gasteiger partial charge in [0.05, 0.1) is 0 Å². The normalized spacial score (nSPS) is 10.9. The topological polar surface area (TPSA) is 0 Å². The molecule has 54 valence electrons. The molecule has 0 radical (unpaired) electrons. The van der Waals surface area contributed by atoms with Crippen LogP contribution in [0.4, 0.5) is 0 Å². The molecular weight excluding hydrogens is 207 g/mol. The van der Waals surface area contributed by atoms with Crippen molar-refractivity contribution in [1.82, 2.24) is 0 Å². The Hall–Kier alpha value is -0.0405. The summed E-state index contributed by atoms with van der Waals surface area (Å²) in [5, 5.41) is 2.14. The summed E-state index contributed by atoms with van der Waals surface area (Å²) in [4.78, 5) is 2.29. The zero-order valence-electron chi connectivity index (χ0n) is 5.91. The van der Waals surface area contributed by atoms with Gasteiger partial charge in [0.2, 0.25) is 0 Å². The third kappa shape index (κ3) is 2.70. The first-order valence-corrected chi connectivity index (χ1v) is 6.01. The van der Waals surface area contributed by atoms with Crippen molar-refractivity contribution >= 4 is 30.1 Å². The fraction of sp³-hybridized carbons (Fsp3) is 0.250. The van der Waals surface area contributed by atoms with E-state index in [1.165, 1.54) is 3.78 Å². The van der Waals surface area contributed by atoms with Crippen LogP contribution in [0, 0.1) is 0 Å². The second-order valence-electron chi connectivity index (χ2n) is 1.83. The molecule has 0 aromatic carbocycles. The van der Waals surface area contributed by atoms with Crippen LogP contribution >= 0.6 is 11.3 Å². The second kappa shape index (κ2) is 4.73. The van der Waals surface area contributed by atoms with Gasteiger partial charge in [-0.3, -0.25) is 0 Å². The van der Waals surface area contributed by atoms with Crippen molar-refractivity contribution in [2.45, 2.75) is 13.3 Å². The van der Waals surface area contributed by atoms with E-state index >= 15 is 0 Å². The number of thiophene rings is 1. The molecule has 0 N–H and O–H groups in total. The van der Waals surface area contributed by atoms with Crippen LogP contribution in [0.5, 0.6) is 0 Å². The summed E-state index contributed by atoms with van der Waals surface area (Å²) in [7, 11) is 0. The Bertz CT molecular complexity index is 189. The van der Waals surface area contributed by atoms with Crippen molar-refractivity contribution in [3.63, 3.8) is 0 Å². The molecule has 1 heterocycles. The molecule has 1 aromatic heterocycles. The van der Waals surface area contributed by atoms with Gasteiger partial charge in [-0.15, -0.1) is 0 Å². The molecule has 0 aliphatic rings. The van der Waals surface area contributed by atoms with Crippen LogP contribution in [0.1, 0.15) is 13.3 Å². The number of allylic oxidation sites excluding steroid dienone is 1. The van der Waals surface area contributed by atoms with E-state index in [1.807, 2.05) is 11.3 Å². The van der Waals surface area contributed by atoms with Crippen molar-refractivity contribution in [3.05, 3.63) is 28.6 Å². The van der Waals surface area contributed by atoms with Crippen LogP contribution in [0.2, 0.25) is 0 Å².